The van der Waals surface area contributed by atoms with Crippen molar-refractivity contribution in [2.24, 2.45) is 23.2 Å². The molecule has 1 aromatic rings. The molecule has 0 unspecified atom stereocenters. The summed E-state index contributed by atoms with van der Waals surface area (Å²) in [6.07, 6.45) is 6.67. The summed E-state index contributed by atoms with van der Waals surface area (Å²) in [7, 11) is 0. The van der Waals surface area contributed by atoms with Crippen molar-refractivity contribution in [1.82, 2.24) is 0 Å². The Kier molecular flexibility index (Phi) is 3.24. The molecule has 0 heterocycles. The first-order valence-electron chi connectivity index (χ1n) is 7.66. The highest BCUT2D eigenvalue weighted by Crippen LogP contribution is 2.61. The lowest BCUT2D eigenvalue weighted by Gasteiger charge is -2.56. The molecule has 0 aliphatic heterocycles. The van der Waals surface area contributed by atoms with Gasteiger partial charge in [-0.05, 0) is 84.3 Å². The molecular formula is C17H17BrClFO. The average Bonchev–Trinajstić information content (AvgIpc) is 2.40. The highest BCUT2D eigenvalue weighted by Gasteiger charge is 2.54. The second-order valence-corrected chi connectivity index (χ2v) is 8.53. The molecule has 1 nitrogen and oxygen atoms in total. The molecule has 4 fully saturated rings. The Balaban J connectivity index is 1.73. The van der Waals surface area contributed by atoms with E-state index in [-0.39, 0.29) is 16.8 Å². The van der Waals surface area contributed by atoms with Crippen molar-refractivity contribution in [1.29, 1.82) is 0 Å². The Labute approximate surface area is 137 Å². The zero-order chi connectivity index (χ0) is 14.8. The third-order valence-electron chi connectivity index (χ3n) is 5.77. The molecule has 4 bridgehead atoms. The van der Waals surface area contributed by atoms with E-state index in [0.29, 0.717) is 27.2 Å². The maximum Gasteiger partial charge on any atom is 0.172 e. The van der Waals surface area contributed by atoms with Crippen LogP contribution in [0.25, 0.3) is 0 Å². The van der Waals surface area contributed by atoms with Crippen LogP contribution in [-0.4, -0.2) is 5.78 Å². The van der Waals surface area contributed by atoms with Crippen molar-refractivity contribution in [3.63, 3.8) is 0 Å². The monoisotopic (exact) mass is 370 g/mol. The molecule has 5 rings (SSSR count). The summed E-state index contributed by atoms with van der Waals surface area (Å²) in [5.74, 6) is 1.57. The Bertz CT molecular complexity index is 592. The molecule has 0 radical (unpaired) electrons. The summed E-state index contributed by atoms with van der Waals surface area (Å²) in [6.45, 7) is 0. The van der Waals surface area contributed by atoms with Crippen molar-refractivity contribution in [3.05, 3.63) is 33.0 Å². The van der Waals surface area contributed by atoms with E-state index in [2.05, 4.69) is 15.9 Å². The summed E-state index contributed by atoms with van der Waals surface area (Å²) in [5, 5.41) is 0.407. The van der Waals surface area contributed by atoms with Gasteiger partial charge in [0.25, 0.3) is 0 Å². The van der Waals surface area contributed by atoms with Crippen molar-refractivity contribution in [3.8, 4) is 0 Å². The molecule has 0 atom stereocenters. The normalized spacial score (nSPS) is 37.0. The van der Waals surface area contributed by atoms with E-state index < -0.39 is 5.82 Å². The Morgan fingerprint density at radius 3 is 2.19 bits per heavy atom. The average molecular weight is 372 g/mol. The summed E-state index contributed by atoms with van der Waals surface area (Å²) >= 11 is 9.28. The van der Waals surface area contributed by atoms with Crippen molar-refractivity contribution in [2.75, 3.05) is 0 Å². The molecule has 21 heavy (non-hydrogen) atoms. The quantitative estimate of drug-likeness (QED) is 0.485. The fourth-order valence-electron chi connectivity index (χ4n) is 5.37. The number of ketones is 1. The molecule has 112 valence electrons. The van der Waals surface area contributed by atoms with E-state index in [0.717, 1.165) is 19.3 Å². The Morgan fingerprint density at radius 1 is 1.14 bits per heavy atom. The molecular weight excluding hydrogens is 355 g/mol. The zero-order valence-corrected chi connectivity index (χ0v) is 14.0. The van der Waals surface area contributed by atoms with Crippen LogP contribution in [0.4, 0.5) is 4.39 Å². The third kappa shape index (κ3) is 2.19. The van der Waals surface area contributed by atoms with E-state index in [1.807, 2.05) is 0 Å². The standard InChI is InChI=1S/C17H17BrClFO/c18-13-5-15(20)12(4-14(13)19)16(21)17-6-9-1-10(7-17)3-11(2-9)8-17/h4-5,9-11H,1-3,6-8H2. The fourth-order valence-corrected chi connectivity index (χ4v) is 5.85. The van der Waals surface area contributed by atoms with Crippen molar-refractivity contribution < 1.29 is 9.18 Å². The molecule has 4 aliphatic rings. The van der Waals surface area contributed by atoms with Crippen LogP contribution in [-0.2, 0) is 0 Å². The lowest BCUT2D eigenvalue weighted by molar-refractivity contribution is -0.0354. The van der Waals surface area contributed by atoms with Gasteiger partial charge in [-0.1, -0.05) is 11.6 Å². The minimum atomic E-state index is -0.452. The largest absolute Gasteiger partial charge is 0.293 e. The zero-order valence-electron chi connectivity index (χ0n) is 11.7. The lowest BCUT2D eigenvalue weighted by atomic mass is 9.48. The molecule has 4 aliphatic carbocycles. The van der Waals surface area contributed by atoms with Crippen LogP contribution < -0.4 is 0 Å². The molecule has 1 aromatic carbocycles. The molecule has 0 spiro atoms. The summed E-state index contributed by atoms with van der Waals surface area (Å²) in [6, 6.07) is 2.82. The number of carbonyl (C=O) groups is 1. The number of carbonyl (C=O) groups excluding carboxylic acids is 1. The van der Waals surface area contributed by atoms with Crippen LogP contribution in [0.3, 0.4) is 0 Å². The molecule has 0 saturated heterocycles. The topological polar surface area (TPSA) is 17.1 Å². The smallest absolute Gasteiger partial charge is 0.172 e. The lowest BCUT2D eigenvalue weighted by Crippen LogP contribution is -2.50. The van der Waals surface area contributed by atoms with E-state index in [4.69, 9.17) is 11.6 Å². The molecule has 0 amide bonds. The van der Waals surface area contributed by atoms with Gasteiger partial charge in [-0.3, -0.25) is 4.79 Å². The fraction of sp³-hybridized carbons (Fsp3) is 0.588. The molecule has 0 aromatic heterocycles. The highest BCUT2D eigenvalue weighted by molar-refractivity contribution is 9.10. The van der Waals surface area contributed by atoms with Gasteiger partial charge in [-0.2, -0.15) is 0 Å². The van der Waals surface area contributed by atoms with Gasteiger partial charge in [0.05, 0.1) is 10.6 Å². The Morgan fingerprint density at radius 2 is 1.67 bits per heavy atom. The first kappa shape index (κ1) is 14.2. The number of Topliss-reactive ketones (excluding diaryl/α,β-unsaturated/α-hetero) is 1. The number of benzene rings is 1. The van der Waals surface area contributed by atoms with Gasteiger partial charge in [0.15, 0.2) is 5.78 Å². The number of halogens is 3. The van der Waals surface area contributed by atoms with Crippen molar-refractivity contribution in [2.45, 2.75) is 38.5 Å². The minimum absolute atomic E-state index is 0.00602. The summed E-state index contributed by atoms with van der Waals surface area (Å²) < 4.78 is 14.8. The maximum absolute atomic E-state index is 14.3. The van der Waals surface area contributed by atoms with Gasteiger partial charge in [0, 0.05) is 9.89 Å². The maximum atomic E-state index is 14.3. The summed E-state index contributed by atoms with van der Waals surface area (Å²) in [4.78, 5) is 13.1. The third-order valence-corrected chi connectivity index (χ3v) is 6.97. The van der Waals surface area contributed by atoms with Crippen LogP contribution in [0, 0.1) is 29.0 Å². The molecule has 4 heteroatoms. The predicted molar refractivity (Wildman–Crippen MR) is 84.0 cm³/mol. The van der Waals surface area contributed by atoms with Gasteiger partial charge in [0.1, 0.15) is 5.82 Å². The predicted octanol–water partition coefficient (Wildman–Crippen LogP) is 5.64. The molecule has 4 saturated carbocycles. The first-order valence-corrected chi connectivity index (χ1v) is 8.83. The van der Waals surface area contributed by atoms with Crippen molar-refractivity contribution >= 4 is 33.3 Å². The van der Waals surface area contributed by atoms with Gasteiger partial charge in [0.2, 0.25) is 0 Å². The van der Waals surface area contributed by atoms with Crippen LogP contribution >= 0.6 is 27.5 Å². The van der Waals surface area contributed by atoms with Gasteiger partial charge >= 0.3 is 0 Å². The first-order chi connectivity index (χ1) is 9.97. The van der Waals surface area contributed by atoms with Gasteiger partial charge < -0.3 is 0 Å². The van der Waals surface area contributed by atoms with Crippen LogP contribution in [0.15, 0.2) is 16.6 Å². The van der Waals surface area contributed by atoms with E-state index >= 15 is 0 Å². The second kappa shape index (κ2) is 4.79. The second-order valence-electron chi connectivity index (χ2n) is 7.27. The number of rotatable bonds is 2. The van der Waals surface area contributed by atoms with E-state index in [1.165, 1.54) is 31.4 Å². The Hall–Kier alpha value is -0.410. The van der Waals surface area contributed by atoms with Gasteiger partial charge in [-0.25, -0.2) is 4.39 Å². The molecule has 0 N–H and O–H groups in total. The SMILES string of the molecule is O=C(c1cc(Cl)c(Br)cc1F)C12CC3CC(CC(C3)C1)C2. The number of hydrogen-bond donors (Lipinski definition) is 0. The minimum Gasteiger partial charge on any atom is -0.293 e. The van der Waals surface area contributed by atoms with E-state index in [9.17, 15) is 9.18 Å². The van der Waals surface area contributed by atoms with Crippen LogP contribution in [0.5, 0.6) is 0 Å². The number of hydrogen-bond acceptors (Lipinski definition) is 1. The summed E-state index contributed by atoms with van der Waals surface area (Å²) in [5.41, 5.74) is -0.127. The van der Waals surface area contributed by atoms with Crippen LogP contribution in [0.1, 0.15) is 48.9 Å². The van der Waals surface area contributed by atoms with Gasteiger partial charge in [-0.15, -0.1) is 0 Å². The highest BCUT2D eigenvalue weighted by atomic mass is 79.9. The van der Waals surface area contributed by atoms with E-state index in [1.54, 1.807) is 0 Å². The van der Waals surface area contributed by atoms with Crippen LogP contribution in [0.2, 0.25) is 5.02 Å².